The average molecular weight is 605 g/mol. The summed E-state index contributed by atoms with van der Waals surface area (Å²) in [5, 5.41) is 8.17. The molecule has 4 aliphatic heterocycles. The first-order valence-electron chi connectivity index (χ1n) is 15.0. The summed E-state index contributed by atoms with van der Waals surface area (Å²) < 4.78 is 62.6. The number of sulfonamides is 1. The van der Waals surface area contributed by atoms with Crippen LogP contribution in [0.4, 0.5) is 5.69 Å². The molecule has 218 valence electrons. The molecule has 0 spiro atoms. The molecule has 1 aliphatic carbocycles. The number of benzene rings is 3. The fourth-order valence-corrected chi connectivity index (χ4v) is 9.77. The van der Waals surface area contributed by atoms with Gasteiger partial charge < -0.3 is 4.90 Å². The van der Waals surface area contributed by atoms with E-state index in [2.05, 4.69) is 21.6 Å². The van der Waals surface area contributed by atoms with Crippen molar-refractivity contribution in [2.24, 2.45) is 5.14 Å². The van der Waals surface area contributed by atoms with Gasteiger partial charge in [-0.2, -0.15) is 8.42 Å². The molecule has 8 nitrogen and oxygen atoms in total. The van der Waals surface area contributed by atoms with Gasteiger partial charge in [0.15, 0.2) is 0 Å². The molecule has 5 aliphatic rings. The summed E-state index contributed by atoms with van der Waals surface area (Å²) in [5.41, 5.74) is 11.5. The fourth-order valence-electron chi connectivity index (χ4n) is 8.42. The van der Waals surface area contributed by atoms with E-state index < -0.39 is 25.0 Å². The van der Waals surface area contributed by atoms with Crippen molar-refractivity contribution in [3.05, 3.63) is 85.4 Å². The summed E-state index contributed by atoms with van der Waals surface area (Å²) in [6, 6.07) is 8.35. The number of nitrogens with zero attached hydrogens (tertiary/aromatic N) is 2. The molecule has 3 N–H and O–H groups in total. The Balaban J connectivity index is 1.55. The van der Waals surface area contributed by atoms with Crippen molar-refractivity contribution in [3.8, 4) is 0 Å². The van der Waals surface area contributed by atoms with Crippen LogP contribution >= 0.6 is 0 Å². The predicted molar refractivity (Wildman–Crippen MR) is 161 cm³/mol. The number of aryl methyl sites for hydroxylation is 2. The van der Waals surface area contributed by atoms with Crippen LogP contribution in [0.25, 0.3) is 5.57 Å². The monoisotopic (exact) mass is 604 g/mol. The molecule has 0 radical (unpaired) electrons. The van der Waals surface area contributed by atoms with Crippen molar-refractivity contribution in [1.29, 1.82) is 0 Å². The third kappa shape index (κ3) is 3.95. The summed E-state index contributed by atoms with van der Waals surface area (Å²) in [4.78, 5) is 1.76. The molecule has 0 atom stereocenters. The van der Waals surface area contributed by atoms with Crippen molar-refractivity contribution in [2.45, 2.75) is 67.6 Å². The third-order valence-electron chi connectivity index (χ3n) is 10.0. The molecular weight excluding hydrogens is 571 g/mol. The molecule has 0 saturated heterocycles. The van der Waals surface area contributed by atoms with E-state index in [-0.39, 0.29) is 4.90 Å². The highest BCUT2D eigenvalue weighted by Crippen LogP contribution is 2.44. The molecule has 4 heterocycles. The Morgan fingerprint density at radius 1 is 0.762 bits per heavy atom. The molecule has 0 bridgehead atoms. The van der Waals surface area contributed by atoms with Crippen molar-refractivity contribution in [3.63, 3.8) is 0 Å². The van der Waals surface area contributed by atoms with Gasteiger partial charge in [-0.1, -0.05) is 6.07 Å². The molecule has 0 amide bonds. The van der Waals surface area contributed by atoms with Crippen molar-refractivity contribution in [1.82, 2.24) is 4.58 Å². The van der Waals surface area contributed by atoms with E-state index >= 15 is 0 Å². The van der Waals surface area contributed by atoms with Crippen molar-refractivity contribution >= 4 is 31.4 Å². The lowest BCUT2D eigenvalue weighted by molar-refractivity contribution is 0.478. The predicted octanol–water partition coefficient (Wildman–Crippen LogP) is 1.81. The van der Waals surface area contributed by atoms with E-state index in [0.29, 0.717) is 5.56 Å². The van der Waals surface area contributed by atoms with Gasteiger partial charge in [-0.25, -0.2) is 18.1 Å². The highest BCUT2D eigenvalue weighted by Gasteiger charge is 2.35. The van der Waals surface area contributed by atoms with Gasteiger partial charge in [0.05, 0.1) is 9.79 Å². The van der Waals surface area contributed by atoms with Gasteiger partial charge >= 0.3 is 0 Å². The van der Waals surface area contributed by atoms with Gasteiger partial charge in [0.25, 0.3) is 10.1 Å². The topological polar surface area (TPSA) is 121 Å². The fraction of sp³-hybridized carbons (Fsp3) is 0.406. The van der Waals surface area contributed by atoms with E-state index in [0.717, 1.165) is 106 Å². The second-order valence-electron chi connectivity index (χ2n) is 12.4. The van der Waals surface area contributed by atoms with E-state index in [1.165, 1.54) is 56.6 Å². The normalized spacial score (nSPS) is 19.1. The Kier molecular flexibility index (Phi) is 5.83. The number of primary sulfonamides is 1. The van der Waals surface area contributed by atoms with Crippen LogP contribution in [0.1, 0.15) is 70.2 Å². The van der Waals surface area contributed by atoms with Gasteiger partial charge in [0.2, 0.25) is 15.4 Å². The Hall–Kier alpha value is -3.05. The Labute approximate surface area is 246 Å². The third-order valence-corrected chi connectivity index (χ3v) is 11.8. The number of fused-ring (bicyclic) bond motifs is 4. The van der Waals surface area contributed by atoms with Crippen LogP contribution in [0.3, 0.4) is 0 Å². The number of hydrogen-bond acceptors (Lipinski definition) is 5. The highest BCUT2D eigenvalue weighted by molar-refractivity contribution is 7.89. The summed E-state index contributed by atoms with van der Waals surface area (Å²) >= 11 is 0. The smallest absolute Gasteiger partial charge is 0.294 e. The molecule has 3 aromatic rings. The Bertz CT molecular complexity index is 2080. The quantitative estimate of drug-likeness (QED) is 0.272. The first-order chi connectivity index (χ1) is 20.1. The van der Waals surface area contributed by atoms with Gasteiger partial charge in [-0.15, -0.1) is 0 Å². The van der Waals surface area contributed by atoms with Gasteiger partial charge in [0.1, 0.15) is 13.1 Å². The van der Waals surface area contributed by atoms with E-state index in [4.69, 9.17) is 5.14 Å². The zero-order valence-electron chi connectivity index (χ0n) is 23.4. The number of nitrogens with two attached hydrogens (primary N) is 1. The lowest BCUT2D eigenvalue weighted by atomic mass is 9.74. The summed E-state index contributed by atoms with van der Waals surface area (Å²) in [6.45, 7) is 4.25. The second-order valence-corrected chi connectivity index (χ2v) is 15.3. The molecule has 42 heavy (non-hydrogen) atoms. The summed E-state index contributed by atoms with van der Waals surface area (Å²) in [5.74, 6) is 0. The zero-order chi connectivity index (χ0) is 29.0. The maximum Gasteiger partial charge on any atom is 0.294 e. The van der Waals surface area contributed by atoms with Gasteiger partial charge in [-0.05, 0) is 108 Å². The number of anilines is 1. The molecule has 8 rings (SSSR count). The Morgan fingerprint density at radius 3 is 2.24 bits per heavy atom. The summed E-state index contributed by atoms with van der Waals surface area (Å²) in [7, 11) is -8.98. The van der Waals surface area contributed by atoms with E-state index in [1.807, 2.05) is 0 Å². The lowest BCUT2D eigenvalue weighted by Crippen LogP contribution is -2.46. The van der Waals surface area contributed by atoms with Crippen LogP contribution in [-0.4, -0.2) is 47.6 Å². The first-order valence-corrected chi connectivity index (χ1v) is 18.0. The van der Waals surface area contributed by atoms with Crippen LogP contribution in [0.2, 0.25) is 0 Å². The maximum atomic E-state index is 13.1. The molecule has 3 aromatic carbocycles. The van der Waals surface area contributed by atoms with Crippen LogP contribution in [-0.2, 0) is 52.2 Å². The SMILES string of the molecule is NS(=O)(=O)c1cc(S(=O)(=O)O)ccc1C1=c2cc3c4c(c2Cc2c1cc1c5c2CCCN5CCC1)CCC[N+]=4CCC3. The average Bonchev–Trinajstić information content (AvgIpc) is 2.96. The standard InChI is InChI=1S/C32H33N3O5S2/c33-41(36,37)29-17-21(42(38,39)40)9-10-24(29)30-27-15-19-5-1-11-34-13-3-7-22(31(19)34)25(27)18-26-23-8-4-14-35-12-2-6-20(32(23)35)16-28(26)30/h9-10,15-17H,1-8,11-14,18H2,(H2-,33,36,37,38,39,40)/p+1. The largest absolute Gasteiger partial charge is 0.371 e. The number of rotatable bonds is 3. The van der Waals surface area contributed by atoms with Crippen LogP contribution in [0.5, 0.6) is 0 Å². The van der Waals surface area contributed by atoms with E-state index in [9.17, 15) is 21.4 Å². The molecular formula is C32H34N3O5S2+. The van der Waals surface area contributed by atoms with Crippen molar-refractivity contribution in [2.75, 3.05) is 31.1 Å². The van der Waals surface area contributed by atoms with Crippen LogP contribution < -0.4 is 25.2 Å². The molecule has 0 unspecified atom stereocenters. The molecule has 0 aromatic heterocycles. The van der Waals surface area contributed by atoms with Gasteiger partial charge in [-0.3, -0.25) is 4.55 Å². The maximum absolute atomic E-state index is 13.1. The van der Waals surface area contributed by atoms with Crippen LogP contribution in [0.15, 0.2) is 40.1 Å². The van der Waals surface area contributed by atoms with E-state index in [1.54, 1.807) is 0 Å². The highest BCUT2D eigenvalue weighted by atomic mass is 32.2. The molecule has 0 fully saturated rings. The minimum absolute atomic E-state index is 0.285. The Morgan fingerprint density at radius 2 is 1.48 bits per heavy atom. The summed E-state index contributed by atoms with van der Waals surface area (Å²) in [6.07, 6.45) is 9.05. The minimum Gasteiger partial charge on any atom is -0.371 e. The lowest BCUT2D eigenvalue weighted by Gasteiger charge is -2.40. The first kappa shape index (κ1) is 26.6. The minimum atomic E-state index is -4.64. The molecule has 10 heteroatoms. The zero-order valence-corrected chi connectivity index (χ0v) is 25.1. The second kappa shape index (κ2) is 9.22. The van der Waals surface area contributed by atoms with Crippen molar-refractivity contribution < 1.29 is 21.4 Å². The van der Waals surface area contributed by atoms with Crippen LogP contribution in [0, 0.1) is 0 Å². The van der Waals surface area contributed by atoms with Gasteiger partial charge in [0, 0.05) is 48.3 Å². The molecule has 0 saturated carbocycles. The number of hydrogen-bond donors (Lipinski definition) is 2.